The first-order chi connectivity index (χ1) is 11.1. The summed E-state index contributed by atoms with van der Waals surface area (Å²) in [5.41, 5.74) is 0.534. The molecule has 0 saturated carbocycles. The molecular formula is C15H17N5O3. The Morgan fingerprint density at radius 2 is 2.35 bits per heavy atom. The van der Waals surface area contributed by atoms with Gasteiger partial charge in [0.2, 0.25) is 0 Å². The summed E-state index contributed by atoms with van der Waals surface area (Å²) in [4.78, 5) is 27.0. The third kappa shape index (κ3) is 3.37. The molecule has 1 fully saturated rings. The van der Waals surface area contributed by atoms with E-state index in [1.807, 2.05) is 0 Å². The van der Waals surface area contributed by atoms with Crippen molar-refractivity contribution in [1.82, 2.24) is 20.2 Å². The molecule has 2 N–H and O–H groups in total. The van der Waals surface area contributed by atoms with Crippen LogP contribution in [-0.4, -0.2) is 39.5 Å². The van der Waals surface area contributed by atoms with E-state index in [9.17, 15) is 14.9 Å². The highest BCUT2D eigenvalue weighted by Gasteiger charge is 2.21. The van der Waals surface area contributed by atoms with Crippen LogP contribution in [0.15, 0.2) is 36.9 Å². The van der Waals surface area contributed by atoms with E-state index in [-0.39, 0.29) is 23.2 Å². The number of nitrogens with zero attached hydrogens (tertiary/aromatic N) is 3. The molecule has 2 heterocycles. The smallest absolute Gasteiger partial charge is 0.294 e. The maximum atomic E-state index is 12.3. The van der Waals surface area contributed by atoms with Gasteiger partial charge in [0.25, 0.3) is 11.6 Å². The highest BCUT2D eigenvalue weighted by molar-refractivity contribution is 5.95. The van der Waals surface area contributed by atoms with Crippen molar-refractivity contribution in [3.05, 3.63) is 52.6 Å². The van der Waals surface area contributed by atoms with E-state index in [0.717, 1.165) is 25.9 Å². The molecule has 0 aliphatic carbocycles. The highest BCUT2D eigenvalue weighted by atomic mass is 16.6. The Labute approximate surface area is 132 Å². The summed E-state index contributed by atoms with van der Waals surface area (Å²) >= 11 is 0. The minimum atomic E-state index is -0.492. The van der Waals surface area contributed by atoms with Crippen LogP contribution in [-0.2, 0) is 0 Å². The number of amides is 1. The van der Waals surface area contributed by atoms with E-state index in [4.69, 9.17) is 0 Å². The molecule has 1 amide bonds. The predicted molar refractivity (Wildman–Crippen MR) is 83.6 cm³/mol. The van der Waals surface area contributed by atoms with E-state index in [0.29, 0.717) is 5.69 Å². The fraction of sp³-hybridized carbons (Fsp3) is 0.333. The Morgan fingerprint density at radius 3 is 3.00 bits per heavy atom. The van der Waals surface area contributed by atoms with Crippen molar-refractivity contribution in [3.63, 3.8) is 0 Å². The van der Waals surface area contributed by atoms with Gasteiger partial charge in [-0.2, -0.15) is 0 Å². The van der Waals surface area contributed by atoms with Gasteiger partial charge in [0.05, 0.1) is 11.3 Å². The average Bonchev–Trinajstić information content (AvgIpc) is 3.09. The van der Waals surface area contributed by atoms with E-state index in [1.54, 1.807) is 29.1 Å². The first-order valence-corrected chi connectivity index (χ1v) is 7.43. The minimum absolute atomic E-state index is 0.0589. The molecule has 0 bridgehead atoms. The lowest BCUT2D eigenvalue weighted by molar-refractivity contribution is -0.384. The quantitative estimate of drug-likeness (QED) is 0.653. The topological polar surface area (TPSA) is 102 Å². The van der Waals surface area contributed by atoms with Crippen LogP contribution in [0.1, 0.15) is 23.2 Å². The second-order valence-corrected chi connectivity index (χ2v) is 5.45. The van der Waals surface area contributed by atoms with Crippen molar-refractivity contribution >= 4 is 11.6 Å². The molecule has 1 aromatic heterocycles. The molecule has 2 aromatic rings. The lowest BCUT2D eigenvalue weighted by Crippen LogP contribution is -2.45. The number of hydrogen-bond acceptors (Lipinski definition) is 5. The van der Waals surface area contributed by atoms with Crippen molar-refractivity contribution in [1.29, 1.82) is 0 Å². The molecule has 23 heavy (non-hydrogen) atoms. The van der Waals surface area contributed by atoms with Gasteiger partial charge in [0, 0.05) is 36.6 Å². The van der Waals surface area contributed by atoms with Crippen molar-refractivity contribution < 1.29 is 9.72 Å². The molecule has 8 heteroatoms. The van der Waals surface area contributed by atoms with Crippen molar-refractivity contribution in [2.24, 2.45) is 0 Å². The van der Waals surface area contributed by atoms with E-state index in [1.165, 1.54) is 12.4 Å². The van der Waals surface area contributed by atoms with Crippen molar-refractivity contribution in [3.8, 4) is 5.69 Å². The summed E-state index contributed by atoms with van der Waals surface area (Å²) in [6.45, 7) is 1.68. The van der Waals surface area contributed by atoms with Gasteiger partial charge in [0.15, 0.2) is 0 Å². The van der Waals surface area contributed by atoms with Crippen LogP contribution < -0.4 is 10.6 Å². The van der Waals surface area contributed by atoms with E-state index < -0.39 is 4.92 Å². The Hall–Kier alpha value is -2.74. The summed E-state index contributed by atoms with van der Waals surface area (Å²) in [5, 5.41) is 17.4. The predicted octanol–water partition coefficient (Wildman–Crippen LogP) is 1.26. The van der Waals surface area contributed by atoms with Crippen molar-refractivity contribution in [2.45, 2.75) is 18.9 Å². The lowest BCUT2D eigenvalue weighted by Gasteiger charge is -2.23. The molecule has 1 atom stereocenters. The zero-order valence-electron chi connectivity index (χ0n) is 12.4. The number of piperidine rings is 1. The number of nitro benzene ring substituents is 1. The van der Waals surface area contributed by atoms with Crippen LogP contribution >= 0.6 is 0 Å². The highest BCUT2D eigenvalue weighted by Crippen LogP contribution is 2.24. The third-order valence-electron chi connectivity index (χ3n) is 3.85. The van der Waals surface area contributed by atoms with Crippen LogP contribution in [0.2, 0.25) is 0 Å². The lowest BCUT2D eigenvalue weighted by atomic mass is 10.1. The number of nitro groups is 1. The van der Waals surface area contributed by atoms with E-state index in [2.05, 4.69) is 15.6 Å². The van der Waals surface area contributed by atoms with Gasteiger partial charge in [-0.25, -0.2) is 4.98 Å². The van der Waals surface area contributed by atoms with Crippen LogP contribution in [0.5, 0.6) is 0 Å². The third-order valence-corrected chi connectivity index (χ3v) is 3.85. The Bertz CT molecular complexity index is 708. The second kappa shape index (κ2) is 6.57. The van der Waals surface area contributed by atoms with Crippen LogP contribution in [0.25, 0.3) is 5.69 Å². The Kier molecular flexibility index (Phi) is 4.33. The Balaban J connectivity index is 1.84. The summed E-state index contributed by atoms with van der Waals surface area (Å²) < 4.78 is 1.55. The average molecular weight is 315 g/mol. The van der Waals surface area contributed by atoms with Gasteiger partial charge in [-0.15, -0.1) is 0 Å². The van der Waals surface area contributed by atoms with Crippen LogP contribution in [0.4, 0.5) is 5.69 Å². The molecule has 3 rings (SSSR count). The number of aromatic nitrogens is 2. The number of carbonyl (C=O) groups excluding carboxylic acids is 1. The fourth-order valence-corrected chi connectivity index (χ4v) is 2.67. The molecule has 1 aliphatic heterocycles. The van der Waals surface area contributed by atoms with E-state index >= 15 is 0 Å². The van der Waals surface area contributed by atoms with Gasteiger partial charge in [-0.05, 0) is 31.5 Å². The fourth-order valence-electron chi connectivity index (χ4n) is 2.67. The summed E-state index contributed by atoms with van der Waals surface area (Å²) in [5.74, 6) is -0.293. The van der Waals surface area contributed by atoms with Crippen molar-refractivity contribution in [2.75, 3.05) is 13.1 Å². The zero-order valence-corrected chi connectivity index (χ0v) is 12.4. The first-order valence-electron chi connectivity index (χ1n) is 7.43. The number of rotatable bonds is 4. The van der Waals surface area contributed by atoms with Crippen LogP contribution in [0.3, 0.4) is 0 Å². The molecular weight excluding hydrogens is 298 g/mol. The summed E-state index contributed by atoms with van der Waals surface area (Å²) in [6.07, 6.45) is 6.56. The van der Waals surface area contributed by atoms with Gasteiger partial charge >= 0.3 is 0 Å². The second-order valence-electron chi connectivity index (χ2n) is 5.45. The molecule has 0 radical (unpaired) electrons. The van der Waals surface area contributed by atoms with Gasteiger partial charge in [-0.3, -0.25) is 14.9 Å². The molecule has 0 spiro atoms. The maximum absolute atomic E-state index is 12.3. The molecule has 1 aromatic carbocycles. The normalized spacial score (nSPS) is 17.7. The number of hydrogen-bond donors (Lipinski definition) is 2. The summed E-state index contributed by atoms with van der Waals surface area (Å²) in [6, 6.07) is 4.52. The Morgan fingerprint density at radius 1 is 1.48 bits per heavy atom. The van der Waals surface area contributed by atoms with Gasteiger partial charge < -0.3 is 15.2 Å². The molecule has 8 nitrogen and oxygen atoms in total. The van der Waals surface area contributed by atoms with Crippen LogP contribution in [0, 0.1) is 10.1 Å². The molecule has 1 saturated heterocycles. The molecule has 0 unspecified atom stereocenters. The van der Waals surface area contributed by atoms with Gasteiger partial charge in [0.1, 0.15) is 5.69 Å². The number of carbonyl (C=O) groups is 1. The monoisotopic (exact) mass is 315 g/mol. The number of nitrogens with one attached hydrogen (secondary N) is 2. The number of benzene rings is 1. The number of imidazole rings is 1. The molecule has 120 valence electrons. The summed E-state index contributed by atoms with van der Waals surface area (Å²) in [7, 11) is 0. The first kappa shape index (κ1) is 15.2. The zero-order chi connectivity index (χ0) is 16.2. The largest absolute Gasteiger partial charge is 0.348 e. The standard InChI is InChI=1S/C15H17N5O3/c21-15(18-12-2-1-5-16-9-12)11-3-4-13(14(8-11)20(22)23)19-7-6-17-10-19/h3-4,6-8,10,12,16H,1-2,5,9H2,(H,18,21)/t12-/m0/s1. The maximum Gasteiger partial charge on any atom is 0.294 e. The minimum Gasteiger partial charge on any atom is -0.348 e. The van der Waals surface area contributed by atoms with Gasteiger partial charge in [-0.1, -0.05) is 0 Å². The molecule has 1 aliphatic rings. The SMILES string of the molecule is O=C(N[C@H]1CCCNC1)c1ccc(-n2ccnc2)c([N+](=O)[O-])c1.